The molecule has 3 heteroatoms. The molecular formula is C25H31FN2. The van der Waals surface area contributed by atoms with E-state index in [1.54, 1.807) is 12.1 Å². The van der Waals surface area contributed by atoms with Crippen molar-refractivity contribution in [3.8, 4) is 0 Å². The van der Waals surface area contributed by atoms with Gasteiger partial charge in [0.05, 0.1) is 0 Å². The topological polar surface area (TPSA) is 8.17 Å². The maximum atomic E-state index is 13.3. The number of halogens is 1. The van der Waals surface area contributed by atoms with Gasteiger partial charge in [-0.2, -0.15) is 0 Å². The average molecular weight is 379 g/mol. The highest BCUT2D eigenvalue weighted by Gasteiger charge is 2.19. The third-order valence-electron chi connectivity index (χ3n) is 5.56. The van der Waals surface area contributed by atoms with Gasteiger partial charge in [-0.3, -0.25) is 4.90 Å². The highest BCUT2D eigenvalue weighted by Crippen LogP contribution is 2.19. The van der Waals surface area contributed by atoms with Crippen molar-refractivity contribution in [2.75, 3.05) is 0 Å². The second kappa shape index (κ2) is 9.20. The van der Waals surface area contributed by atoms with Crippen LogP contribution in [0, 0.1) is 18.7 Å². The minimum Gasteiger partial charge on any atom is -0.346 e. The van der Waals surface area contributed by atoms with Crippen molar-refractivity contribution >= 4 is 0 Å². The van der Waals surface area contributed by atoms with Crippen molar-refractivity contribution in [3.63, 3.8) is 0 Å². The summed E-state index contributed by atoms with van der Waals surface area (Å²) in [4.78, 5) is 2.49. The van der Waals surface area contributed by atoms with E-state index < -0.39 is 0 Å². The Morgan fingerprint density at radius 2 is 1.64 bits per heavy atom. The smallest absolute Gasteiger partial charge is 0.123 e. The molecule has 0 aliphatic rings. The van der Waals surface area contributed by atoms with Gasteiger partial charge in [0.2, 0.25) is 0 Å². The second-order valence-electron chi connectivity index (χ2n) is 8.13. The number of hydrogen-bond acceptors (Lipinski definition) is 1. The molecule has 3 rings (SSSR count). The van der Waals surface area contributed by atoms with Gasteiger partial charge < -0.3 is 4.57 Å². The molecule has 0 saturated heterocycles. The quantitative estimate of drug-likeness (QED) is 0.464. The molecule has 0 aliphatic heterocycles. The highest BCUT2D eigenvalue weighted by atomic mass is 19.1. The minimum atomic E-state index is -0.181. The molecule has 0 bridgehead atoms. The van der Waals surface area contributed by atoms with Crippen LogP contribution >= 0.6 is 0 Å². The highest BCUT2D eigenvalue weighted by molar-refractivity contribution is 5.23. The molecular weight excluding hydrogens is 347 g/mol. The summed E-state index contributed by atoms with van der Waals surface area (Å²) in [6.45, 7) is 11.5. The van der Waals surface area contributed by atoms with Gasteiger partial charge in [0.1, 0.15) is 5.82 Å². The van der Waals surface area contributed by atoms with Gasteiger partial charge in [-0.25, -0.2) is 4.39 Å². The lowest BCUT2D eigenvalue weighted by atomic mass is 10.0. The Morgan fingerprint density at radius 3 is 2.32 bits per heavy atom. The van der Waals surface area contributed by atoms with E-state index in [2.05, 4.69) is 79.8 Å². The molecule has 1 unspecified atom stereocenters. The number of benzene rings is 2. The van der Waals surface area contributed by atoms with Crippen LogP contribution in [0.25, 0.3) is 0 Å². The molecule has 0 N–H and O–H groups in total. The molecule has 2 aromatic carbocycles. The third kappa shape index (κ3) is 5.32. The van der Waals surface area contributed by atoms with Gasteiger partial charge in [0.15, 0.2) is 0 Å². The van der Waals surface area contributed by atoms with Crippen molar-refractivity contribution in [2.45, 2.75) is 53.4 Å². The SMILES string of the molecule is Cc1cccc(Cn2cccc2CN(Cc2ccc(F)cc2)C(C)C(C)C)c1. The zero-order valence-electron chi connectivity index (χ0n) is 17.4. The monoisotopic (exact) mass is 378 g/mol. The van der Waals surface area contributed by atoms with Crippen LogP contribution in [0.15, 0.2) is 66.9 Å². The molecule has 0 radical (unpaired) electrons. The summed E-state index contributed by atoms with van der Waals surface area (Å²) < 4.78 is 15.6. The molecule has 0 aliphatic carbocycles. The molecule has 3 aromatic rings. The summed E-state index contributed by atoms with van der Waals surface area (Å²) in [7, 11) is 0. The standard InChI is InChI=1S/C25H31FN2/c1-19(2)21(4)28(16-22-10-12-24(26)13-11-22)18-25-9-6-14-27(25)17-23-8-5-7-20(3)15-23/h5-15,19,21H,16-18H2,1-4H3. The zero-order valence-corrected chi connectivity index (χ0v) is 17.4. The Bertz CT molecular complexity index is 880. The van der Waals surface area contributed by atoms with Crippen LogP contribution in [0.4, 0.5) is 4.39 Å². The minimum absolute atomic E-state index is 0.181. The fraction of sp³-hybridized carbons (Fsp3) is 0.360. The molecule has 28 heavy (non-hydrogen) atoms. The lowest BCUT2D eigenvalue weighted by Crippen LogP contribution is -2.36. The van der Waals surface area contributed by atoms with Crippen LogP contribution in [0.5, 0.6) is 0 Å². The van der Waals surface area contributed by atoms with Crippen LogP contribution in [-0.4, -0.2) is 15.5 Å². The first-order valence-corrected chi connectivity index (χ1v) is 10.1. The summed E-state index contributed by atoms with van der Waals surface area (Å²) in [5, 5.41) is 0. The van der Waals surface area contributed by atoms with Gasteiger partial charge in [-0.1, -0.05) is 55.8 Å². The van der Waals surface area contributed by atoms with Gasteiger partial charge in [-0.15, -0.1) is 0 Å². The van der Waals surface area contributed by atoms with Crippen LogP contribution in [0.3, 0.4) is 0 Å². The fourth-order valence-electron chi connectivity index (χ4n) is 3.55. The van der Waals surface area contributed by atoms with Crippen molar-refractivity contribution < 1.29 is 4.39 Å². The fourth-order valence-corrected chi connectivity index (χ4v) is 3.55. The summed E-state index contributed by atoms with van der Waals surface area (Å²) in [5.74, 6) is 0.361. The molecule has 148 valence electrons. The molecule has 0 saturated carbocycles. The predicted molar refractivity (Wildman–Crippen MR) is 115 cm³/mol. The molecule has 0 fully saturated rings. The van der Waals surface area contributed by atoms with Gasteiger partial charge in [-0.05, 0) is 55.2 Å². The van der Waals surface area contributed by atoms with E-state index in [0.717, 1.165) is 25.2 Å². The maximum Gasteiger partial charge on any atom is 0.123 e. The first-order chi connectivity index (χ1) is 13.4. The molecule has 2 nitrogen and oxygen atoms in total. The van der Waals surface area contributed by atoms with E-state index in [1.807, 2.05) is 12.1 Å². The normalized spacial score (nSPS) is 12.7. The van der Waals surface area contributed by atoms with Gasteiger partial charge >= 0.3 is 0 Å². The second-order valence-corrected chi connectivity index (χ2v) is 8.13. The van der Waals surface area contributed by atoms with Crippen molar-refractivity contribution in [2.24, 2.45) is 5.92 Å². The number of aryl methyl sites for hydroxylation is 1. The average Bonchev–Trinajstić information content (AvgIpc) is 3.09. The number of aromatic nitrogens is 1. The van der Waals surface area contributed by atoms with Gasteiger partial charge in [0.25, 0.3) is 0 Å². The lowest BCUT2D eigenvalue weighted by molar-refractivity contribution is 0.148. The maximum absolute atomic E-state index is 13.3. The van der Waals surface area contributed by atoms with Crippen LogP contribution < -0.4 is 0 Å². The van der Waals surface area contributed by atoms with E-state index >= 15 is 0 Å². The van der Waals surface area contributed by atoms with E-state index in [-0.39, 0.29) is 5.82 Å². The van der Waals surface area contributed by atoms with Crippen LogP contribution in [-0.2, 0) is 19.6 Å². The summed E-state index contributed by atoms with van der Waals surface area (Å²) >= 11 is 0. The van der Waals surface area contributed by atoms with E-state index in [4.69, 9.17) is 0 Å². The van der Waals surface area contributed by atoms with Crippen molar-refractivity contribution in [1.82, 2.24) is 9.47 Å². The van der Waals surface area contributed by atoms with Gasteiger partial charge in [0, 0.05) is 37.6 Å². The Kier molecular flexibility index (Phi) is 6.69. The lowest BCUT2D eigenvalue weighted by Gasteiger charge is -2.32. The Balaban J connectivity index is 1.79. The third-order valence-corrected chi connectivity index (χ3v) is 5.56. The summed E-state index contributed by atoms with van der Waals surface area (Å²) in [6.07, 6.45) is 2.16. The Morgan fingerprint density at radius 1 is 0.893 bits per heavy atom. The van der Waals surface area contributed by atoms with Crippen molar-refractivity contribution in [1.29, 1.82) is 0 Å². The zero-order chi connectivity index (χ0) is 20.1. The first kappa shape index (κ1) is 20.3. The molecule has 0 spiro atoms. The molecule has 1 aromatic heterocycles. The number of rotatable bonds is 8. The Hall–Kier alpha value is -2.39. The first-order valence-electron chi connectivity index (χ1n) is 10.1. The molecule has 0 amide bonds. The predicted octanol–water partition coefficient (Wildman–Crippen LogP) is 6.03. The number of hydrogen-bond donors (Lipinski definition) is 0. The van der Waals surface area contributed by atoms with E-state index in [9.17, 15) is 4.39 Å². The molecule has 1 atom stereocenters. The summed E-state index contributed by atoms with van der Waals surface area (Å²) in [5.41, 5.74) is 5.05. The Labute approximate surface area is 168 Å². The van der Waals surface area contributed by atoms with E-state index in [1.165, 1.54) is 16.8 Å². The van der Waals surface area contributed by atoms with Crippen LogP contribution in [0.1, 0.15) is 43.2 Å². The molecule has 1 heterocycles. The van der Waals surface area contributed by atoms with Crippen molar-refractivity contribution in [3.05, 3.63) is 95.1 Å². The number of nitrogens with zero attached hydrogens (tertiary/aromatic N) is 2. The largest absolute Gasteiger partial charge is 0.346 e. The summed E-state index contributed by atoms with van der Waals surface area (Å²) in [6, 6.07) is 20.3. The van der Waals surface area contributed by atoms with E-state index in [0.29, 0.717) is 12.0 Å². The van der Waals surface area contributed by atoms with Crippen LogP contribution in [0.2, 0.25) is 0 Å².